The fraction of sp³-hybridized carbons (Fsp3) is 0.371. The largest absolute Gasteiger partial charge is 0.481 e. The van der Waals surface area contributed by atoms with Gasteiger partial charge in [0, 0.05) is 10.5 Å². The van der Waals surface area contributed by atoms with Gasteiger partial charge in [0.25, 0.3) is 0 Å². The summed E-state index contributed by atoms with van der Waals surface area (Å²) in [7, 11) is 0. The Bertz CT molecular complexity index is 1760. The van der Waals surface area contributed by atoms with Crippen LogP contribution in [0.4, 0.5) is 0 Å². The van der Waals surface area contributed by atoms with Crippen molar-refractivity contribution in [3.63, 3.8) is 0 Å². The van der Waals surface area contributed by atoms with Gasteiger partial charge in [0.1, 0.15) is 0 Å². The number of ketones is 1. The summed E-state index contributed by atoms with van der Waals surface area (Å²) < 4.78 is 0. The molecule has 0 spiro atoms. The van der Waals surface area contributed by atoms with E-state index < -0.39 is 17.4 Å². The number of rotatable bonds is 5. The van der Waals surface area contributed by atoms with Crippen LogP contribution in [0.1, 0.15) is 56.7 Å². The highest BCUT2D eigenvalue weighted by Gasteiger charge is 2.36. The highest BCUT2D eigenvalue weighted by molar-refractivity contribution is 8.15. The van der Waals surface area contributed by atoms with Crippen LogP contribution in [0.2, 0.25) is 0 Å². The fourth-order valence-corrected chi connectivity index (χ4v) is 7.07. The predicted octanol–water partition coefficient (Wildman–Crippen LogP) is 7.83. The molecule has 234 valence electrons. The molecule has 0 radical (unpaired) electrons. The maximum atomic E-state index is 11.0. The van der Waals surface area contributed by atoms with Crippen molar-refractivity contribution in [2.45, 2.75) is 59.4 Å². The summed E-state index contributed by atoms with van der Waals surface area (Å²) >= 11 is 1.15. The van der Waals surface area contributed by atoms with Crippen molar-refractivity contribution in [3.05, 3.63) is 93.4 Å². The van der Waals surface area contributed by atoms with Crippen LogP contribution in [-0.2, 0) is 38.6 Å². The highest BCUT2D eigenvalue weighted by Crippen LogP contribution is 2.36. The lowest BCUT2D eigenvalue weighted by molar-refractivity contribution is -0.145. The number of Topliss-reactive ketones (excluding diaryl/α,β-unsaturated/α-hetero) is 1. The van der Waals surface area contributed by atoms with Crippen LogP contribution in [0.25, 0.3) is 32.0 Å². The smallest absolute Gasteiger partial charge is 0.331 e. The van der Waals surface area contributed by atoms with Crippen molar-refractivity contribution in [1.82, 2.24) is 0 Å². The SMILES string of the molecule is CC(C)C1C(=O)CSC1=O.CC1(C(=O)O)C=CC=C(C(=O)O)C1.[N-]=[N+]=NCc1cc2c3c(ccc2c2ccccc12)CCCC3. The second-order valence-electron chi connectivity index (χ2n) is 12.0. The molecule has 2 unspecified atom stereocenters. The maximum absolute atomic E-state index is 11.0. The summed E-state index contributed by atoms with van der Waals surface area (Å²) in [4.78, 5) is 46.2. The first-order chi connectivity index (χ1) is 21.5. The number of carboxylic acid groups (broad SMARTS) is 2. The number of nitrogens with zero attached hydrogens (tertiary/aromatic N) is 3. The molecule has 1 fully saturated rings. The van der Waals surface area contributed by atoms with E-state index in [0.29, 0.717) is 12.3 Å². The van der Waals surface area contributed by atoms with Gasteiger partial charge in [-0.05, 0) is 88.7 Å². The summed E-state index contributed by atoms with van der Waals surface area (Å²) in [5.41, 5.74) is 11.8. The standard InChI is InChI=1S/C19H17N3.C9H10O4.C7H10O2S/c20-22-21-12-14-11-19-15-6-2-1-5-13(15)9-10-18(19)17-8-4-3-7-16(14)17;1-9(8(12)13)4-2-3-6(5-9)7(10)11;1-4(2)6-5(8)3-10-7(6)9/h3-4,7-11H,1-2,5-6,12H2;2-4H,5H2,1H3,(H,10,11)(H,12,13);4,6H,3H2,1-2H3. The number of carbonyl (C=O) groups is 4. The molecule has 2 aliphatic carbocycles. The number of thioether (sulfide) groups is 1. The summed E-state index contributed by atoms with van der Waals surface area (Å²) in [6.07, 6.45) is 9.34. The van der Waals surface area contributed by atoms with Gasteiger partial charge in [0.05, 0.1) is 23.6 Å². The third-order valence-corrected chi connectivity index (χ3v) is 9.44. The summed E-state index contributed by atoms with van der Waals surface area (Å²) in [5, 5.41) is 26.4. The first-order valence-corrected chi connectivity index (χ1v) is 16.0. The average Bonchev–Trinajstić information content (AvgIpc) is 3.37. The lowest BCUT2D eigenvalue weighted by Crippen LogP contribution is -2.28. The third-order valence-electron chi connectivity index (χ3n) is 8.47. The van der Waals surface area contributed by atoms with E-state index in [1.165, 1.54) is 77.1 Å². The van der Waals surface area contributed by atoms with Crippen molar-refractivity contribution in [1.29, 1.82) is 0 Å². The van der Waals surface area contributed by atoms with E-state index in [2.05, 4.69) is 46.4 Å². The van der Waals surface area contributed by atoms with Gasteiger partial charge in [-0.15, -0.1) is 0 Å². The molecule has 0 amide bonds. The Labute approximate surface area is 266 Å². The van der Waals surface area contributed by atoms with Crippen molar-refractivity contribution < 1.29 is 29.4 Å². The van der Waals surface area contributed by atoms with E-state index in [4.69, 9.17) is 15.7 Å². The van der Waals surface area contributed by atoms with Crippen molar-refractivity contribution in [3.8, 4) is 0 Å². The molecule has 3 aromatic rings. The minimum atomic E-state index is -1.08. The first kappa shape index (κ1) is 33.5. The molecule has 6 rings (SSSR count). The molecule has 10 heteroatoms. The molecule has 0 bridgehead atoms. The lowest BCUT2D eigenvalue weighted by Gasteiger charge is -2.23. The van der Waals surface area contributed by atoms with Gasteiger partial charge >= 0.3 is 11.9 Å². The molecule has 2 N–H and O–H groups in total. The summed E-state index contributed by atoms with van der Waals surface area (Å²) in [6.45, 7) is 5.73. The van der Waals surface area contributed by atoms with Crippen molar-refractivity contribution in [2.24, 2.45) is 22.4 Å². The van der Waals surface area contributed by atoms with Crippen LogP contribution in [0, 0.1) is 17.3 Å². The number of azide groups is 1. The van der Waals surface area contributed by atoms with E-state index in [-0.39, 0.29) is 34.7 Å². The van der Waals surface area contributed by atoms with Crippen LogP contribution < -0.4 is 0 Å². The summed E-state index contributed by atoms with van der Waals surface area (Å²) in [5.74, 6) is -1.71. The zero-order valence-corrected chi connectivity index (χ0v) is 26.5. The predicted molar refractivity (Wildman–Crippen MR) is 177 cm³/mol. The van der Waals surface area contributed by atoms with E-state index in [9.17, 15) is 19.2 Å². The first-order valence-electron chi connectivity index (χ1n) is 15.0. The van der Waals surface area contributed by atoms with Crippen LogP contribution in [0.5, 0.6) is 0 Å². The highest BCUT2D eigenvalue weighted by atomic mass is 32.2. The van der Waals surface area contributed by atoms with E-state index >= 15 is 0 Å². The minimum absolute atomic E-state index is 0.0359. The fourth-order valence-electron chi connectivity index (χ4n) is 6.03. The molecule has 1 aliphatic heterocycles. The van der Waals surface area contributed by atoms with E-state index in [0.717, 1.165) is 23.7 Å². The zero-order chi connectivity index (χ0) is 32.7. The van der Waals surface area contributed by atoms with Gasteiger partial charge in [-0.3, -0.25) is 14.4 Å². The zero-order valence-electron chi connectivity index (χ0n) is 25.7. The number of benzene rings is 3. The molecule has 1 heterocycles. The molecule has 9 nitrogen and oxygen atoms in total. The molecule has 0 aromatic heterocycles. The number of fused-ring (bicyclic) bond motifs is 5. The topological polar surface area (TPSA) is 158 Å². The number of hydrogen-bond donors (Lipinski definition) is 2. The molecular weight excluding hydrogens is 590 g/mol. The van der Waals surface area contributed by atoms with Crippen molar-refractivity contribution >= 4 is 56.1 Å². The molecule has 3 aromatic carbocycles. The van der Waals surface area contributed by atoms with Crippen LogP contribution >= 0.6 is 11.8 Å². The number of allylic oxidation sites excluding steroid dienone is 2. The van der Waals surface area contributed by atoms with Gasteiger partial charge in [-0.2, -0.15) is 0 Å². The summed E-state index contributed by atoms with van der Waals surface area (Å²) in [6, 6.07) is 15.2. The van der Waals surface area contributed by atoms with Gasteiger partial charge in [0.2, 0.25) is 0 Å². The van der Waals surface area contributed by atoms with Gasteiger partial charge in [0.15, 0.2) is 10.9 Å². The van der Waals surface area contributed by atoms with Gasteiger partial charge < -0.3 is 10.2 Å². The number of carboxylic acids is 2. The van der Waals surface area contributed by atoms with Gasteiger partial charge in [-0.1, -0.05) is 91.4 Å². The van der Waals surface area contributed by atoms with Crippen LogP contribution in [0.15, 0.2) is 71.4 Å². The lowest BCUT2D eigenvalue weighted by atomic mass is 9.80. The number of aryl methyl sites for hydroxylation is 2. The molecule has 2 atom stereocenters. The van der Waals surface area contributed by atoms with Crippen LogP contribution in [-0.4, -0.2) is 38.8 Å². The third kappa shape index (κ3) is 7.64. The Morgan fingerprint density at radius 1 is 1.04 bits per heavy atom. The Morgan fingerprint density at radius 2 is 1.73 bits per heavy atom. The molecule has 1 saturated heterocycles. The van der Waals surface area contributed by atoms with E-state index in [1.807, 2.05) is 19.9 Å². The minimum Gasteiger partial charge on any atom is -0.481 e. The number of carbonyl (C=O) groups excluding carboxylic acids is 2. The van der Waals surface area contributed by atoms with Gasteiger partial charge in [-0.25, -0.2) is 4.79 Å². The van der Waals surface area contributed by atoms with E-state index in [1.54, 1.807) is 0 Å². The Balaban J connectivity index is 0.000000171. The van der Waals surface area contributed by atoms with Crippen molar-refractivity contribution in [2.75, 3.05) is 5.75 Å². The number of aliphatic carboxylic acids is 2. The van der Waals surface area contributed by atoms with Crippen LogP contribution in [0.3, 0.4) is 0 Å². The number of hydrogen-bond acceptors (Lipinski definition) is 6. The second-order valence-corrected chi connectivity index (χ2v) is 13.0. The Morgan fingerprint density at radius 3 is 2.33 bits per heavy atom. The monoisotopic (exact) mass is 627 g/mol. The molecule has 45 heavy (non-hydrogen) atoms. The molecule has 3 aliphatic rings. The molecular formula is C35H37N3O6S. The normalized spacial score (nSPS) is 20.4. The average molecular weight is 628 g/mol. The maximum Gasteiger partial charge on any atom is 0.331 e. The quantitative estimate of drug-likeness (QED) is 0.0959. The Kier molecular flexibility index (Phi) is 10.9. The molecule has 0 saturated carbocycles. The Hall–Kier alpha value is -4.40. The second kappa shape index (κ2) is 14.6.